The summed E-state index contributed by atoms with van der Waals surface area (Å²) >= 11 is 1.43. The van der Waals surface area contributed by atoms with E-state index < -0.39 is 11.7 Å². The molecule has 5 rings (SSSR count). The molecule has 0 unspecified atom stereocenters. The van der Waals surface area contributed by atoms with Crippen molar-refractivity contribution in [1.82, 2.24) is 4.98 Å². The first-order chi connectivity index (χ1) is 13.0. The van der Waals surface area contributed by atoms with Gasteiger partial charge in [-0.25, -0.2) is 4.98 Å². The Labute approximate surface area is 157 Å². The van der Waals surface area contributed by atoms with E-state index in [1.54, 1.807) is 6.07 Å². The van der Waals surface area contributed by atoms with Crippen molar-refractivity contribution >= 4 is 32.3 Å². The Hall–Kier alpha value is -2.92. The van der Waals surface area contributed by atoms with E-state index in [0.29, 0.717) is 5.39 Å². The zero-order chi connectivity index (χ0) is 18.6. The Morgan fingerprint density at radius 3 is 2.26 bits per heavy atom. The number of aromatic nitrogens is 1. The van der Waals surface area contributed by atoms with E-state index in [2.05, 4.69) is 0 Å². The molecule has 0 aromatic heterocycles. The second-order valence-electron chi connectivity index (χ2n) is 6.36. The van der Waals surface area contributed by atoms with Gasteiger partial charge < -0.3 is 0 Å². The molecule has 0 atom stereocenters. The van der Waals surface area contributed by atoms with Crippen LogP contribution in [0.5, 0.6) is 0 Å². The first-order valence-corrected chi connectivity index (χ1v) is 9.21. The molecule has 0 N–H and O–H groups in total. The van der Waals surface area contributed by atoms with Crippen LogP contribution in [-0.2, 0) is 6.18 Å². The summed E-state index contributed by atoms with van der Waals surface area (Å²) in [7, 11) is 0. The average molecular weight is 379 g/mol. The van der Waals surface area contributed by atoms with Crippen LogP contribution in [0, 0.1) is 0 Å². The lowest BCUT2D eigenvalue weighted by Crippen LogP contribution is -2.04. The summed E-state index contributed by atoms with van der Waals surface area (Å²) in [6, 6.07) is 21.3. The minimum absolute atomic E-state index is 0.603. The number of para-hydroxylation sites is 1. The van der Waals surface area contributed by atoms with Crippen molar-refractivity contribution in [3.05, 3.63) is 78.4 Å². The van der Waals surface area contributed by atoms with Crippen LogP contribution >= 0.6 is 11.3 Å². The molecule has 5 heteroatoms. The molecule has 0 spiro atoms. The standard InChI is InChI=1S/C22H12F3NS/c23-22(24,25)14-10-11-18-16(12-14)19(13-6-2-1-3-7-13)20-15-8-4-5-9-17(15)26-21(20)27-18/h1-12H. The van der Waals surface area contributed by atoms with Gasteiger partial charge in [-0.2, -0.15) is 13.2 Å². The summed E-state index contributed by atoms with van der Waals surface area (Å²) in [6.07, 6.45) is -4.38. The summed E-state index contributed by atoms with van der Waals surface area (Å²) in [6.45, 7) is 0. The highest BCUT2D eigenvalue weighted by atomic mass is 32.1. The summed E-state index contributed by atoms with van der Waals surface area (Å²) in [4.78, 5) is 4.72. The van der Waals surface area contributed by atoms with Gasteiger partial charge in [0.05, 0.1) is 11.1 Å². The second-order valence-corrected chi connectivity index (χ2v) is 7.39. The molecule has 3 aromatic carbocycles. The van der Waals surface area contributed by atoms with Gasteiger partial charge in [0, 0.05) is 26.6 Å². The lowest BCUT2D eigenvalue weighted by molar-refractivity contribution is -0.137. The van der Waals surface area contributed by atoms with Gasteiger partial charge in [0.1, 0.15) is 5.01 Å². The number of rotatable bonds is 1. The van der Waals surface area contributed by atoms with Gasteiger partial charge >= 0.3 is 6.18 Å². The molecule has 0 bridgehead atoms. The van der Waals surface area contributed by atoms with Crippen molar-refractivity contribution in [2.75, 3.05) is 0 Å². The van der Waals surface area contributed by atoms with Crippen LogP contribution in [0.25, 0.3) is 42.7 Å². The minimum Gasteiger partial charge on any atom is -0.237 e. The van der Waals surface area contributed by atoms with Gasteiger partial charge in [-0.15, -0.1) is 11.3 Å². The summed E-state index contributed by atoms with van der Waals surface area (Å²) in [5.74, 6) is 0. The molecule has 0 saturated carbocycles. The maximum absolute atomic E-state index is 13.3. The molecule has 27 heavy (non-hydrogen) atoms. The van der Waals surface area contributed by atoms with Crippen LogP contribution < -0.4 is 0 Å². The molecule has 132 valence electrons. The fourth-order valence-electron chi connectivity index (χ4n) is 3.51. The molecule has 0 fully saturated rings. The molecule has 2 aliphatic rings. The Bertz CT molecular complexity index is 1260. The van der Waals surface area contributed by atoms with Gasteiger partial charge in [-0.05, 0) is 29.8 Å². The molecule has 2 heterocycles. The second kappa shape index (κ2) is 5.79. The SMILES string of the molecule is FC(F)(F)c1ccc2sc3nc4ccccc4c-3c(-c3ccccc3)c2c1. The van der Waals surface area contributed by atoms with Gasteiger partial charge in [-0.3, -0.25) is 0 Å². The van der Waals surface area contributed by atoms with E-state index in [1.807, 2.05) is 54.6 Å². The summed E-state index contributed by atoms with van der Waals surface area (Å²) in [5.41, 5.74) is 2.82. The van der Waals surface area contributed by atoms with Crippen molar-refractivity contribution in [1.29, 1.82) is 0 Å². The molecular weight excluding hydrogens is 367 g/mol. The topological polar surface area (TPSA) is 12.9 Å². The third-order valence-electron chi connectivity index (χ3n) is 4.70. The molecule has 0 saturated heterocycles. The Morgan fingerprint density at radius 1 is 0.741 bits per heavy atom. The normalized spacial score (nSPS) is 12.3. The first-order valence-electron chi connectivity index (χ1n) is 8.40. The largest absolute Gasteiger partial charge is 0.416 e. The fourth-order valence-corrected chi connectivity index (χ4v) is 4.59. The van der Waals surface area contributed by atoms with Crippen LogP contribution in [0.4, 0.5) is 13.2 Å². The van der Waals surface area contributed by atoms with Crippen molar-refractivity contribution in [3.63, 3.8) is 0 Å². The number of halogens is 3. The minimum atomic E-state index is -4.38. The molecule has 0 aliphatic carbocycles. The zero-order valence-electron chi connectivity index (χ0n) is 13.9. The predicted octanol–water partition coefficient (Wildman–Crippen LogP) is 7.24. The third kappa shape index (κ3) is 2.58. The van der Waals surface area contributed by atoms with Crippen molar-refractivity contribution < 1.29 is 13.2 Å². The van der Waals surface area contributed by atoms with E-state index in [4.69, 9.17) is 4.98 Å². The number of benzene rings is 3. The van der Waals surface area contributed by atoms with Gasteiger partial charge in [0.15, 0.2) is 0 Å². The number of nitrogens with zero attached hydrogens (tertiary/aromatic N) is 1. The lowest BCUT2D eigenvalue weighted by atomic mass is 9.95. The smallest absolute Gasteiger partial charge is 0.237 e. The molecule has 0 amide bonds. The van der Waals surface area contributed by atoms with E-state index in [0.717, 1.165) is 43.4 Å². The maximum Gasteiger partial charge on any atom is 0.416 e. The highest BCUT2D eigenvalue weighted by Crippen LogP contribution is 2.47. The Morgan fingerprint density at radius 2 is 1.48 bits per heavy atom. The van der Waals surface area contributed by atoms with Crippen molar-refractivity contribution in [2.45, 2.75) is 6.18 Å². The lowest BCUT2D eigenvalue weighted by Gasteiger charge is -2.15. The zero-order valence-corrected chi connectivity index (χ0v) is 14.7. The predicted molar refractivity (Wildman–Crippen MR) is 104 cm³/mol. The van der Waals surface area contributed by atoms with E-state index >= 15 is 0 Å². The van der Waals surface area contributed by atoms with Crippen molar-refractivity contribution in [3.8, 4) is 21.7 Å². The number of hydrogen-bond acceptors (Lipinski definition) is 2. The molecule has 0 radical (unpaired) electrons. The first kappa shape index (κ1) is 16.3. The third-order valence-corrected chi connectivity index (χ3v) is 5.77. The monoisotopic (exact) mass is 379 g/mol. The molecule has 2 aliphatic heterocycles. The average Bonchev–Trinajstić information content (AvgIpc) is 3.03. The van der Waals surface area contributed by atoms with E-state index in [1.165, 1.54) is 17.4 Å². The van der Waals surface area contributed by atoms with Crippen molar-refractivity contribution in [2.24, 2.45) is 0 Å². The van der Waals surface area contributed by atoms with Gasteiger partial charge in [-0.1, -0.05) is 48.5 Å². The van der Waals surface area contributed by atoms with Crippen LogP contribution in [0.3, 0.4) is 0 Å². The number of fused-ring (bicyclic) bond motifs is 4. The van der Waals surface area contributed by atoms with E-state index in [9.17, 15) is 13.2 Å². The Balaban J connectivity index is 2.00. The number of alkyl halides is 3. The van der Waals surface area contributed by atoms with Crippen LogP contribution in [-0.4, -0.2) is 4.98 Å². The van der Waals surface area contributed by atoms with Crippen LogP contribution in [0.15, 0.2) is 72.8 Å². The quantitative estimate of drug-likeness (QED) is 0.299. The van der Waals surface area contributed by atoms with Gasteiger partial charge in [0.2, 0.25) is 0 Å². The molecule has 3 aromatic rings. The molecule has 1 nitrogen and oxygen atoms in total. The molecular formula is C22H12F3NS. The fraction of sp³-hybridized carbons (Fsp3) is 0.0455. The maximum atomic E-state index is 13.3. The summed E-state index contributed by atoms with van der Waals surface area (Å²) in [5, 5.41) is 2.40. The Kier molecular flexibility index (Phi) is 3.49. The highest BCUT2D eigenvalue weighted by molar-refractivity contribution is 7.21. The summed E-state index contributed by atoms with van der Waals surface area (Å²) < 4.78 is 40.8. The van der Waals surface area contributed by atoms with E-state index in [-0.39, 0.29) is 0 Å². The van der Waals surface area contributed by atoms with Crippen LogP contribution in [0.1, 0.15) is 5.56 Å². The highest BCUT2D eigenvalue weighted by Gasteiger charge is 2.31. The van der Waals surface area contributed by atoms with Crippen LogP contribution in [0.2, 0.25) is 0 Å². The number of hydrogen-bond donors (Lipinski definition) is 0. The van der Waals surface area contributed by atoms with Gasteiger partial charge in [0.25, 0.3) is 0 Å².